The number of carbonyl (C=O) groups is 2. The number of anilines is 1. The van der Waals surface area contributed by atoms with E-state index in [0.717, 1.165) is 15.8 Å². The van der Waals surface area contributed by atoms with Crippen LogP contribution in [0.25, 0.3) is 22.6 Å². The summed E-state index contributed by atoms with van der Waals surface area (Å²) in [7, 11) is 1.45. The lowest BCUT2D eigenvalue weighted by Crippen LogP contribution is -2.64. The molecule has 5 heterocycles. The first kappa shape index (κ1) is 22.6. The minimum absolute atomic E-state index is 0.264. The minimum atomic E-state index is -1.58. The van der Waals surface area contributed by atoms with Crippen LogP contribution < -0.4 is 15.5 Å². The van der Waals surface area contributed by atoms with Gasteiger partial charge in [-0.2, -0.15) is 0 Å². The molecule has 0 radical (unpaired) electrons. The van der Waals surface area contributed by atoms with E-state index in [9.17, 15) is 30.0 Å². The largest absolute Gasteiger partial charge is 0.394 e. The molecule has 5 N–H and O–H groups in total. The molecule has 11 nitrogen and oxygen atoms in total. The molecule has 1 unspecified atom stereocenters. The Morgan fingerprint density at radius 1 is 1.14 bits per heavy atom. The number of rotatable bonds is 2. The van der Waals surface area contributed by atoms with E-state index in [2.05, 4.69) is 9.98 Å². The van der Waals surface area contributed by atoms with Crippen LogP contribution in [0, 0.1) is 0 Å². The van der Waals surface area contributed by atoms with Gasteiger partial charge in [0.2, 0.25) is 0 Å². The summed E-state index contributed by atoms with van der Waals surface area (Å²) in [6.45, 7) is -0.574. The third kappa shape index (κ3) is 2.75. The highest BCUT2D eigenvalue weighted by Crippen LogP contribution is 2.42. The van der Waals surface area contributed by atoms with E-state index >= 15 is 0 Å². The molecule has 2 amide bonds. The van der Waals surface area contributed by atoms with Gasteiger partial charge in [-0.25, -0.2) is 0 Å². The van der Waals surface area contributed by atoms with Gasteiger partial charge in [0, 0.05) is 41.0 Å². The maximum Gasteiger partial charge on any atom is 0.262 e. The summed E-state index contributed by atoms with van der Waals surface area (Å²) >= 11 is 0. The van der Waals surface area contributed by atoms with Gasteiger partial charge in [0.25, 0.3) is 11.8 Å². The van der Waals surface area contributed by atoms with Crippen molar-refractivity contribution >= 4 is 46.3 Å². The zero-order valence-electron chi connectivity index (χ0n) is 19.7. The number of ether oxygens (including phenoxy) is 1. The predicted octanol–water partition coefficient (Wildman–Crippen LogP) is -1.98. The van der Waals surface area contributed by atoms with Crippen molar-refractivity contribution in [1.29, 1.82) is 0 Å². The van der Waals surface area contributed by atoms with Crippen LogP contribution in [0.4, 0.5) is 5.69 Å². The molecule has 1 saturated heterocycles. The number of H-pyrrole nitrogens is 1. The Hall–Kier alpha value is -3.61. The Morgan fingerprint density at radius 2 is 1.92 bits per heavy atom. The van der Waals surface area contributed by atoms with Crippen molar-refractivity contribution in [3.05, 3.63) is 51.7 Å². The van der Waals surface area contributed by atoms with Crippen LogP contribution in [0.1, 0.15) is 26.3 Å². The highest BCUT2D eigenvalue weighted by atomic mass is 16.6. The smallest absolute Gasteiger partial charge is 0.262 e. The van der Waals surface area contributed by atoms with Gasteiger partial charge >= 0.3 is 0 Å². The van der Waals surface area contributed by atoms with Crippen LogP contribution >= 0.6 is 0 Å². The molecule has 1 aromatic carbocycles. The summed E-state index contributed by atoms with van der Waals surface area (Å²) in [5.41, 5.74) is 3.23. The molecule has 1 fully saturated rings. The molecule has 7 rings (SSSR count). The molecule has 2 aromatic rings. The van der Waals surface area contributed by atoms with E-state index in [1.165, 1.54) is 7.05 Å². The fourth-order valence-electron chi connectivity index (χ4n) is 6.23. The van der Waals surface area contributed by atoms with Gasteiger partial charge in [-0.15, -0.1) is 0 Å². The molecule has 1 aromatic heterocycles. The Balaban J connectivity index is 1.59. The monoisotopic (exact) mass is 504 g/mol. The Kier molecular flexibility index (Phi) is 4.70. The molecule has 1 aliphatic carbocycles. The number of benzene rings is 1. The van der Waals surface area contributed by atoms with E-state index in [-0.39, 0.29) is 5.56 Å². The van der Waals surface area contributed by atoms with Crippen molar-refractivity contribution in [2.24, 2.45) is 4.99 Å². The second-order valence-corrected chi connectivity index (χ2v) is 9.86. The molecule has 5 aliphatic rings. The number of aliphatic hydroxyl groups excluding tert-OH is 4. The van der Waals surface area contributed by atoms with Crippen molar-refractivity contribution in [3.63, 3.8) is 0 Å². The summed E-state index contributed by atoms with van der Waals surface area (Å²) in [4.78, 5) is 37.4. The van der Waals surface area contributed by atoms with Crippen LogP contribution in [-0.4, -0.2) is 98.7 Å². The maximum atomic E-state index is 13.5. The van der Waals surface area contributed by atoms with E-state index in [0.29, 0.717) is 39.4 Å². The summed E-state index contributed by atoms with van der Waals surface area (Å²) in [6.07, 6.45) is 4.37. The SMILES string of the molecule is CN1C(=O)c2c(c3c4c([nH]c3c3c2=C2C=NC=CC2N3[C@@H]2O[C@H](CO)[C@@H](O)[C@H](O)[C@H]2O)=CC=CC4)C1=O. The number of nitrogens with zero attached hydrogens (tertiary/aromatic N) is 3. The van der Waals surface area contributed by atoms with Gasteiger partial charge in [0.05, 0.1) is 35.0 Å². The van der Waals surface area contributed by atoms with Crippen molar-refractivity contribution < 1.29 is 34.8 Å². The number of aliphatic imine (C=N–C) groups is 1. The van der Waals surface area contributed by atoms with Gasteiger partial charge < -0.3 is 35.0 Å². The second kappa shape index (κ2) is 7.70. The third-order valence-corrected chi connectivity index (χ3v) is 7.99. The maximum absolute atomic E-state index is 13.5. The zero-order valence-corrected chi connectivity index (χ0v) is 19.7. The standard InChI is InChI=1S/C26H24N4O7/c1-29-24(35)17-15-10-4-2-3-5-12(10)28-19(15)20-16(18(17)25(29)36)11-8-27-7-6-13(11)30(20)26-23(34)22(33)21(32)14(9-31)37-26/h2-3,5-8,13-14,21-23,26,28,31-34H,4,9H2,1H3/t13?,14-,21-,22+,23-,26-/m1/s1. The van der Waals surface area contributed by atoms with Crippen molar-refractivity contribution in [3.8, 4) is 0 Å². The van der Waals surface area contributed by atoms with Gasteiger partial charge in [-0.3, -0.25) is 19.5 Å². The number of aliphatic hydroxyl groups is 4. The second-order valence-electron chi connectivity index (χ2n) is 9.86. The van der Waals surface area contributed by atoms with Crippen LogP contribution in [0.2, 0.25) is 0 Å². The summed E-state index contributed by atoms with van der Waals surface area (Å²) in [5, 5.41) is 43.8. The fraction of sp³-hybridized carbons (Fsp3) is 0.346. The first-order chi connectivity index (χ1) is 17.8. The van der Waals surface area contributed by atoms with Crippen molar-refractivity contribution in [1.82, 2.24) is 9.88 Å². The lowest BCUT2D eigenvalue weighted by molar-refractivity contribution is -0.228. The highest BCUT2D eigenvalue weighted by molar-refractivity contribution is 6.30. The first-order valence-corrected chi connectivity index (χ1v) is 12.1. The molecular formula is C26H24N4O7. The molecule has 0 saturated carbocycles. The van der Waals surface area contributed by atoms with Gasteiger partial charge in [0.1, 0.15) is 24.4 Å². The zero-order chi connectivity index (χ0) is 25.7. The van der Waals surface area contributed by atoms with Gasteiger partial charge in [-0.1, -0.05) is 12.2 Å². The van der Waals surface area contributed by atoms with Crippen LogP contribution in [0.15, 0.2) is 29.4 Å². The molecule has 0 bridgehead atoms. The summed E-state index contributed by atoms with van der Waals surface area (Å²) in [6, 6.07) is -0.556. The molecule has 190 valence electrons. The fourth-order valence-corrected chi connectivity index (χ4v) is 6.23. The van der Waals surface area contributed by atoms with Gasteiger partial charge in [-0.05, 0) is 24.1 Å². The average molecular weight is 504 g/mol. The topological polar surface area (TPSA) is 159 Å². The number of imide groups is 1. The third-order valence-electron chi connectivity index (χ3n) is 7.99. The number of hydrogen-bond donors (Lipinski definition) is 5. The minimum Gasteiger partial charge on any atom is -0.394 e. The van der Waals surface area contributed by atoms with Crippen LogP contribution in [0.5, 0.6) is 0 Å². The number of aromatic amines is 1. The lowest BCUT2D eigenvalue weighted by atomic mass is 9.94. The number of allylic oxidation sites excluding steroid dienone is 2. The Bertz CT molecular complexity index is 1620. The summed E-state index contributed by atoms with van der Waals surface area (Å²) < 4.78 is 5.99. The number of hydrogen-bond acceptors (Lipinski definition) is 9. The molecule has 0 spiro atoms. The van der Waals surface area contributed by atoms with E-state index in [4.69, 9.17) is 4.74 Å². The molecular weight excluding hydrogens is 480 g/mol. The number of nitrogens with one attached hydrogen (secondary N) is 1. The van der Waals surface area contributed by atoms with E-state index in [1.807, 2.05) is 18.2 Å². The van der Waals surface area contributed by atoms with Crippen molar-refractivity contribution in [2.75, 3.05) is 18.6 Å². The molecule has 4 aliphatic heterocycles. The molecule has 6 atom stereocenters. The molecule has 11 heteroatoms. The van der Waals surface area contributed by atoms with Crippen molar-refractivity contribution in [2.45, 2.75) is 43.1 Å². The van der Waals surface area contributed by atoms with E-state index < -0.39 is 55.1 Å². The number of carbonyl (C=O) groups excluding carboxylic acids is 2. The lowest BCUT2D eigenvalue weighted by Gasteiger charge is -2.46. The van der Waals surface area contributed by atoms with Crippen LogP contribution in [0.3, 0.4) is 0 Å². The summed E-state index contributed by atoms with van der Waals surface area (Å²) in [5.74, 6) is -0.829. The first-order valence-electron chi connectivity index (χ1n) is 12.1. The highest BCUT2D eigenvalue weighted by Gasteiger charge is 2.51. The van der Waals surface area contributed by atoms with Crippen LogP contribution in [-0.2, 0) is 11.2 Å². The quantitative estimate of drug-likeness (QED) is 0.295. The average Bonchev–Trinajstić information content (AvgIpc) is 3.53. The Labute approximate surface area is 209 Å². The van der Waals surface area contributed by atoms with Gasteiger partial charge in [0.15, 0.2) is 6.23 Å². The number of fused-ring (bicyclic) bond motifs is 9. The number of aromatic nitrogens is 1. The normalized spacial score (nSPS) is 31.6. The predicted molar refractivity (Wildman–Crippen MR) is 132 cm³/mol. The number of amides is 2. The molecule has 37 heavy (non-hydrogen) atoms. The van der Waals surface area contributed by atoms with E-state index in [1.54, 1.807) is 23.4 Å². The Morgan fingerprint density at radius 3 is 2.70 bits per heavy atom.